The molecule has 1 unspecified atom stereocenters. The van der Waals surface area contributed by atoms with Gasteiger partial charge < -0.3 is 24.6 Å². The van der Waals surface area contributed by atoms with Crippen molar-refractivity contribution in [2.24, 2.45) is 5.41 Å². The molecule has 3 rings (SSSR count). The third-order valence-corrected chi connectivity index (χ3v) is 5.35. The molecule has 10 heteroatoms. The van der Waals surface area contributed by atoms with Gasteiger partial charge in [0.1, 0.15) is 29.9 Å². The molecule has 7 nitrogen and oxygen atoms in total. The molecular weight excluding hydrogens is 479 g/mol. The average Bonchev–Trinajstić information content (AvgIpc) is 2.79. The summed E-state index contributed by atoms with van der Waals surface area (Å²) in [5, 5.41) is 13.5. The zero-order valence-electron chi connectivity index (χ0n) is 20.1. The molecule has 1 amide bonds. The summed E-state index contributed by atoms with van der Waals surface area (Å²) < 4.78 is 52.4. The number of hydrogen-bond donors (Lipinski definition) is 2. The molecule has 0 aliphatic carbocycles. The van der Waals surface area contributed by atoms with Crippen molar-refractivity contribution < 1.29 is 42.1 Å². The monoisotopic (exact) mass is 505 g/mol. The molecule has 2 N–H and O–H groups in total. The first-order valence-corrected chi connectivity index (χ1v) is 10.9. The van der Waals surface area contributed by atoms with Crippen molar-refractivity contribution in [2.75, 3.05) is 7.11 Å². The van der Waals surface area contributed by atoms with E-state index in [2.05, 4.69) is 10.1 Å². The van der Waals surface area contributed by atoms with Gasteiger partial charge in [-0.2, -0.15) is 0 Å². The molecule has 0 aromatic heterocycles. The highest BCUT2D eigenvalue weighted by Gasteiger charge is 2.34. The van der Waals surface area contributed by atoms with Crippen LogP contribution in [0.25, 0.3) is 10.8 Å². The second-order valence-electron chi connectivity index (χ2n) is 9.12. The highest BCUT2D eigenvalue weighted by atomic mass is 19.4. The summed E-state index contributed by atoms with van der Waals surface area (Å²) in [5.41, 5.74) is -0.139. The summed E-state index contributed by atoms with van der Waals surface area (Å²) in [6.07, 6.45) is -4.80. The number of carbonyl (C=O) groups excluding carboxylic acids is 1. The summed E-state index contributed by atoms with van der Waals surface area (Å²) in [6, 6.07) is 12.4. The lowest BCUT2D eigenvalue weighted by Gasteiger charge is -2.28. The summed E-state index contributed by atoms with van der Waals surface area (Å²) in [7, 11) is 1.49. The van der Waals surface area contributed by atoms with Crippen LogP contribution in [0.5, 0.6) is 17.2 Å². The number of ether oxygens (including phenoxy) is 3. The summed E-state index contributed by atoms with van der Waals surface area (Å²) in [6.45, 7) is 5.01. The van der Waals surface area contributed by atoms with Crippen molar-refractivity contribution in [2.45, 2.75) is 39.8 Å². The van der Waals surface area contributed by atoms with E-state index in [0.717, 1.165) is 17.5 Å². The molecule has 36 heavy (non-hydrogen) atoms. The van der Waals surface area contributed by atoms with Crippen LogP contribution in [-0.4, -0.2) is 36.5 Å². The van der Waals surface area contributed by atoms with Crippen LogP contribution in [0.3, 0.4) is 0 Å². The van der Waals surface area contributed by atoms with E-state index in [4.69, 9.17) is 9.47 Å². The maximum atomic E-state index is 13.2. The number of methoxy groups -OCH3 is 1. The minimum atomic E-state index is -4.80. The van der Waals surface area contributed by atoms with Gasteiger partial charge >= 0.3 is 12.3 Å². The molecular formula is C26H26F3NO6. The zero-order valence-corrected chi connectivity index (χ0v) is 20.1. The van der Waals surface area contributed by atoms with Gasteiger partial charge in [-0.3, -0.25) is 4.79 Å². The fourth-order valence-corrected chi connectivity index (χ4v) is 3.53. The molecule has 3 aromatic rings. The average molecular weight is 505 g/mol. The van der Waals surface area contributed by atoms with Crippen LogP contribution in [0.1, 0.15) is 36.7 Å². The van der Waals surface area contributed by atoms with E-state index in [-0.39, 0.29) is 23.7 Å². The van der Waals surface area contributed by atoms with Crippen LogP contribution in [0.4, 0.5) is 13.2 Å². The van der Waals surface area contributed by atoms with Crippen molar-refractivity contribution >= 4 is 22.6 Å². The second-order valence-corrected chi connectivity index (χ2v) is 9.12. The predicted octanol–water partition coefficient (Wildman–Crippen LogP) is 5.56. The summed E-state index contributed by atoms with van der Waals surface area (Å²) in [4.78, 5) is 25.0. The third-order valence-electron chi connectivity index (χ3n) is 5.35. The van der Waals surface area contributed by atoms with Crippen molar-refractivity contribution in [1.82, 2.24) is 5.32 Å². The van der Waals surface area contributed by atoms with Crippen LogP contribution in [0.2, 0.25) is 0 Å². The van der Waals surface area contributed by atoms with Gasteiger partial charge in [0.25, 0.3) is 5.91 Å². The Morgan fingerprint density at radius 1 is 0.972 bits per heavy atom. The molecule has 0 heterocycles. The minimum Gasteiger partial charge on any atom is -0.497 e. The number of amides is 1. The Kier molecular flexibility index (Phi) is 7.66. The normalized spacial score (nSPS) is 12.6. The second kappa shape index (κ2) is 10.3. The first-order chi connectivity index (χ1) is 16.8. The number of fused-ring (bicyclic) bond motifs is 1. The van der Waals surface area contributed by atoms with Crippen LogP contribution in [0, 0.1) is 5.41 Å². The highest BCUT2D eigenvalue weighted by molar-refractivity contribution is 6.05. The van der Waals surface area contributed by atoms with Gasteiger partial charge in [-0.05, 0) is 46.7 Å². The minimum absolute atomic E-state index is 0.0788. The predicted molar refractivity (Wildman–Crippen MR) is 126 cm³/mol. The lowest BCUT2D eigenvalue weighted by molar-refractivity contribution is -0.274. The maximum absolute atomic E-state index is 13.2. The fraction of sp³-hybridized carbons (Fsp3) is 0.308. The number of carboxylic acids is 1. The molecule has 0 aliphatic rings. The number of carboxylic acid groups (broad SMARTS) is 1. The Bertz CT molecular complexity index is 1250. The van der Waals surface area contributed by atoms with Gasteiger partial charge in [0, 0.05) is 5.39 Å². The Labute approximate surface area is 205 Å². The van der Waals surface area contributed by atoms with E-state index in [0.29, 0.717) is 16.7 Å². The number of carbonyl (C=O) groups is 2. The molecule has 3 aromatic carbocycles. The van der Waals surface area contributed by atoms with Crippen molar-refractivity contribution in [3.8, 4) is 17.2 Å². The van der Waals surface area contributed by atoms with Crippen LogP contribution < -0.4 is 19.5 Å². The van der Waals surface area contributed by atoms with Crippen LogP contribution in [0.15, 0.2) is 54.6 Å². The number of benzene rings is 3. The van der Waals surface area contributed by atoms with E-state index in [9.17, 15) is 27.9 Å². The summed E-state index contributed by atoms with van der Waals surface area (Å²) >= 11 is 0. The lowest BCUT2D eigenvalue weighted by atomic mass is 9.86. The van der Waals surface area contributed by atoms with Gasteiger partial charge in [0.05, 0.1) is 12.7 Å². The molecule has 0 radical (unpaired) electrons. The van der Waals surface area contributed by atoms with Gasteiger partial charge in [-0.15, -0.1) is 13.2 Å². The van der Waals surface area contributed by atoms with E-state index < -0.39 is 29.7 Å². The smallest absolute Gasteiger partial charge is 0.497 e. The number of alkyl halides is 3. The number of rotatable bonds is 8. The van der Waals surface area contributed by atoms with E-state index in [1.54, 1.807) is 45.0 Å². The van der Waals surface area contributed by atoms with E-state index in [1.165, 1.54) is 25.3 Å². The molecule has 0 saturated heterocycles. The molecule has 0 saturated carbocycles. The topological polar surface area (TPSA) is 94.1 Å². The van der Waals surface area contributed by atoms with Crippen molar-refractivity contribution in [1.29, 1.82) is 0 Å². The molecule has 192 valence electrons. The van der Waals surface area contributed by atoms with Crippen molar-refractivity contribution in [3.05, 3.63) is 65.7 Å². The number of nitrogens with one attached hydrogen (secondary N) is 1. The van der Waals surface area contributed by atoms with Gasteiger partial charge in [0.2, 0.25) is 0 Å². The summed E-state index contributed by atoms with van der Waals surface area (Å²) in [5.74, 6) is -1.51. The first kappa shape index (κ1) is 26.7. The highest BCUT2D eigenvalue weighted by Crippen LogP contribution is 2.34. The van der Waals surface area contributed by atoms with Gasteiger partial charge in [-0.1, -0.05) is 45.0 Å². The first-order valence-electron chi connectivity index (χ1n) is 10.9. The number of hydrogen-bond acceptors (Lipinski definition) is 5. The SMILES string of the molecule is COc1ccc2ccc(C(=O)NC(C(=O)O)C(C)(C)C)c(OCc3ccc(OC(F)(F)F)cc3)c2c1. The number of halogens is 3. The zero-order chi connectivity index (χ0) is 26.7. The third kappa shape index (κ3) is 6.59. The Morgan fingerprint density at radius 3 is 2.14 bits per heavy atom. The molecule has 0 spiro atoms. The molecule has 0 fully saturated rings. The van der Waals surface area contributed by atoms with Crippen LogP contribution >= 0.6 is 0 Å². The van der Waals surface area contributed by atoms with Gasteiger partial charge in [0.15, 0.2) is 0 Å². The molecule has 1 atom stereocenters. The van der Waals surface area contributed by atoms with Crippen molar-refractivity contribution in [3.63, 3.8) is 0 Å². The maximum Gasteiger partial charge on any atom is 0.573 e. The lowest BCUT2D eigenvalue weighted by Crippen LogP contribution is -2.49. The number of aliphatic carboxylic acids is 1. The molecule has 0 aliphatic heterocycles. The quantitative estimate of drug-likeness (QED) is 0.417. The Morgan fingerprint density at radius 2 is 1.58 bits per heavy atom. The van der Waals surface area contributed by atoms with E-state index in [1.807, 2.05) is 0 Å². The molecule has 0 bridgehead atoms. The van der Waals surface area contributed by atoms with E-state index >= 15 is 0 Å². The largest absolute Gasteiger partial charge is 0.573 e. The Hall–Kier alpha value is -3.95. The standard InChI is InChI=1S/C26H26F3NO6/c1-25(2,3)22(24(32)33)30-23(31)19-12-8-16-7-11-18(34-4)13-20(16)21(19)35-14-15-5-9-17(10-6-15)36-26(27,28)29/h5-13,22H,14H2,1-4H3,(H,30,31)(H,32,33). The van der Waals surface area contributed by atoms with Crippen LogP contribution in [-0.2, 0) is 11.4 Å². The van der Waals surface area contributed by atoms with Gasteiger partial charge in [-0.25, -0.2) is 4.79 Å². The fourth-order valence-electron chi connectivity index (χ4n) is 3.53. The Balaban J connectivity index is 1.96.